The number of anilines is 1. The second-order valence-corrected chi connectivity index (χ2v) is 8.08. The summed E-state index contributed by atoms with van der Waals surface area (Å²) in [6, 6.07) is 18.5. The molecule has 1 fully saturated rings. The van der Waals surface area contributed by atoms with Crippen molar-refractivity contribution in [3.8, 4) is 0 Å². The highest BCUT2D eigenvalue weighted by atomic mass is 35.5. The first-order valence-corrected chi connectivity index (χ1v) is 10.1. The van der Waals surface area contributed by atoms with Gasteiger partial charge in [0.2, 0.25) is 0 Å². The van der Waals surface area contributed by atoms with Crippen LogP contribution in [-0.2, 0) is 13.0 Å². The van der Waals surface area contributed by atoms with Crippen molar-refractivity contribution in [3.05, 3.63) is 64.7 Å². The molecule has 2 aromatic carbocycles. The van der Waals surface area contributed by atoms with Gasteiger partial charge in [-0.25, -0.2) is 0 Å². The zero-order chi connectivity index (χ0) is 17.9. The van der Waals surface area contributed by atoms with E-state index in [9.17, 15) is 0 Å². The minimum Gasteiger partial charge on any atom is -0.373 e. The van der Waals surface area contributed by atoms with Crippen LogP contribution in [0, 0.1) is 0 Å². The quantitative estimate of drug-likeness (QED) is 0.883. The fourth-order valence-electron chi connectivity index (χ4n) is 4.50. The number of nitrogens with zero attached hydrogens (tertiary/aromatic N) is 2. The van der Waals surface area contributed by atoms with Gasteiger partial charge in [0.1, 0.15) is 0 Å². The van der Waals surface area contributed by atoms with Crippen molar-refractivity contribution in [1.82, 2.24) is 10.2 Å². The SMILES string of the molecule is CN1C[C@H](Cc2ccc(Cl)cc2)N(C2CCNCC2)Cc2ccccc21. The Hall–Kier alpha value is -1.55. The highest BCUT2D eigenvalue weighted by Crippen LogP contribution is 2.30. The van der Waals surface area contributed by atoms with E-state index in [1.165, 1.54) is 29.7 Å². The molecular formula is C22H28ClN3. The minimum absolute atomic E-state index is 0.511. The highest BCUT2D eigenvalue weighted by Gasteiger charge is 2.32. The third-order valence-electron chi connectivity index (χ3n) is 5.87. The molecule has 0 amide bonds. The van der Waals surface area contributed by atoms with Crippen molar-refractivity contribution in [2.45, 2.75) is 37.9 Å². The zero-order valence-corrected chi connectivity index (χ0v) is 16.3. The summed E-state index contributed by atoms with van der Waals surface area (Å²) in [5, 5.41) is 4.33. The molecule has 4 heteroatoms. The van der Waals surface area contributed by atoms with Crippen LogP contribution in [0.15, 0.2) is 48.5 Å². The number of fused-ring (bicyclic) bond motifs is 1. The van der Waals surface area contributed by atoms with Crippen LogP contribution in [0.4, 0.5) is 5.69 Å². The van der Waals surface area contributed by atoms with Gasteiger partial charge >= 0.3 is 0 Å². The first-order chi connectivity index (χ1) is 12.7. The molecule has 0 saturated carbocycles. The van der Waals surface area contributed by atoms with E-state index in [2.05, 4.69) is 58.6 Å². The normalized spacial score (nSPS) is 22.1. The summed E-state index contributed by atoms with van der Waals surface area (Å²) in [5.41, 5.74) is 4.20. The molecular weight excluding hydrogens is 342 g/mol. The van der Waals surface area contributed by atoms with E-state index in [1.54, 1.807) is 0 Å². The Morgan fingerprint density at radius 3 is 2.54 bits per heavy atom. The number of hydrogen-bond acceptors (Lipinski definition) is 3. The van der Waals surface area contributed by atoms with Crippen LogP contribution in [0.2, 0.25) is 5.02 Å². The lowest BCUT2D eigenvalue weighted by Crippen LogP contribution is -2.50. The Balaban J connectivity index is 1.63. The van der Waals surface area contributed by atoms with Crippen LogP contribution < -0.4 is 10.2 Å². The number of benzene rings is 2. The predicted octanol–water partition coefficient (Wildman–Crippen LogP) is 3.96. The van der Waals surface area contributed by atoms with Crippen LogP contribution in [0.5, 0.6) is 0 Å². The maximum Gasteiger partial charge on any atom is 0.0409 e. The van der Waals surface area contributed by atoms with Crippen molar-refractivity contribution in [2.24, 2.45) is 0 Å². The molecule has 2 aromatic rings. The maximum absolute atomic E-state index is 6.09. The van der Waals surface area contributed by atoms with Gasteiger partial charge in [0.05, 0.1) is 0 Å². The smallest absolute Gasteiger partial charge is 0.0409 e. The van der Waals surface area contributed by atoms with E-state index in [0.717, 1.165) is 37.6 Å². The number of halogens is 1. The van der Waals surface area contributed by atoms with E-state index in [4.69, 9.17) is 11.6 Å². The standard InChI is InChI=1S/C22H28ClN3/c1-25-16-21(14-17-6-8-19(23)9-7-17)26(20-10-12-24-13-11-20)15-18-4-2-3-5-22(18)25/h2-9,20-21,24H,10-16H2,1H3/t21-/m0/s1. The molecule has 0 spiro atoms. The maximum atomic E-state index is 6.09. The lowest BCUT2D eigenvalue weighted by atomic mass is 9.98. The van der Waals surface area contributed by atoms with Gasteiger partial charge in [-0.2, -0.15) is 0 Å². The van der Waals surface area contributed by atoms with E-state index in [1.807, 2.05) is 12.1 Å². The fraction of sp³-hybridized carbons (Fsp3) is 0.455. The molecule has 0 unspecified atom stereocenters. The second kappa shape index (κ2) is 7.99. The Bertz CT molecular complexity index is 724. The van der Waals surface area contributed by atoms with Crippen molar-refractivity contribution >= 4 is 17.3 Å². The van der Waals surface area contributed by atoms with Crippen molar-refractivity contribution in [1.29, 1.82) is 0 Å². The van der Waals surface area contributed by atoms with Gasteiger partial charge in [-0.15, -0.1) is 0 Å². The van der Waals surface area contributed by atoms with E-state index in [-0.39, 0.29) is 0 Å². The van der Waals surface area contributed by atoms with Crippen molar-refractivity contribution < 1.29 is 0 Å². The summed E-state index contributed by atoms with van der Waals surface area (Å²) in [6.45, 7) is 4.37. The molecule has 1 N–H and O–H groups in total. The average molecular weight is 370 g/mol. The first-order valence-electron chi connectivity index (χ1n) is 9.70. The summed E-state index contributed by atoms with van der Waals surface area (Å²) < 4.78 is 0. The summed E-state index contributed by atoms with van der Waals surface area (Å²) in [4.78, 5) is 5.22. The van der Waals surface area contributed by atoms with Gasteiger partial charge in [0, 0.05) is 42.9 Å². The van der Waals surface area contributed by atoms with Crippen molar-refractivity contribution in [2.75, 3.05) is 31.6 Å². The number of rotatable bonds is 3. The van der Waals surface area contributed by atoms with Gasteiger partial charge in [-0.1, -0.05) is 41.9 Å². The van der Waals surface area contributed by atoms with Crippen LogP contribution in [0.25, 0.3) is 0 Å². The lowest BCUT2D eigenvalue weighted by molar-refractivity contribution is 0.106. The Morgan fingerprint density at radius 2 is 1.77 bits per heavy atom. The molecule has 1 saturated heterocycles. The Kier molecular flexibility index (Phi) is 5.49. The fourth-order valence-corrected chi connectivity index (χ4v) is 4.63. The molecule has 2 aliphatic heterocycles. The van der Waals surface area contributed by atoms with Gasteiger partial charge in [0.25, 0.3) is 0 Å². The molecule has 0 aromatic heterocycles. The average Bonchev–Trinajstić information content (AvgIpc) is 2.81. The van der Waals surface area contributed by atoms with Crippen LogP contribution in [-0.4, -0.2) is 43.7 Å². The summed E-state index contributed by atoms with van der Waals surface area (Å²) in [5.74, 6) is 0. The molecule has 4 rings (SSSR count). The number of likely N-dealkylation sites (N-methyl/N-ethyl adjacent to an activating group) is 1. The van der Waals surface area contributed by atoms with Gasteiger partial charge in [-0.3, -0.25) is 4.90 Å². The zero-order valence-electron chi connectivity index (χ0n) is 15.5. The predicted molar refractivity (Wildman–Crippen MR) is 110 cm³/mol. The van der Waals surface area contributed by atoms with Crippen LogP contribution in [0.3, 0.4) is 0 Å². The van der Waals surface area contributed by atoms with E-state index in [0.29, 0.717) is 12.1 Å². The molecule has 138 valence electrons. The van der Waals surface area contributed by atoms with Crippen LogP contribution >= 0.6 is 11.6 Å². The summed E-state index contributed by atoms with van der Waals surface area (Å²) >= 11 is 6.09. The van der Waals surface area contributed by atoms with Crippen molar-refractivity contribution in [3.63, 3.8) is 0 Å². The third kappa shape index (κ3) is 3.90. The summed E-state index contributed by atoms with van der Waals surface area (Å²) in [7, 11) is 2.24. The van der Waals surface area contributed by atoms with Gasteiger partial charge in [-0.05, 0) is 61.7 Å². The number of piperidine rings is 1. The molecule has 26 heavy (non-hydrogen) atoms. The van der Waals surface area contributed by atoms with Gasteiger partial charge < -0.3 is 10.2 Å². The molecule has 0 radical (unpaired) electrons. The van der Waals surface area contributed by atoms with E-state index >= 15 is 0 Å². The number of para-hydroxylation sites is 1. The molecule has 2 heterocycles. The first kappa shape index (κ1) is 17.8. The van der Waals surface area contributed by atoms with Gasteiger partial charge in [0.15, 0.2) is 0 Å². The molecule has 3 nitrogen and oxygen atoms in total. The molecule has 0 bridgehead atoms. The highest BCUT2D eigenvalue weighted by molar-refractivity contribution is 6.30. The van der Waals surface area contributed by atoms with E-state index < -0.39 is 0 Å². The monoisotopic (exact) mass is 369 g/mol. The molecule has 1 atom stereocenters. The number of nitrogens with one attached hydrogen (secondary N) is 1. The third-order valence-corrected chi connectivity index (χ3v) is 6.12. The summed E-state index contributed by atoms with van der Waals surface area (Å²) in [6.07, 6.45) is 3.55. The van der Waals surface area contributed by atoms with Crippen LogP contribution in [0.1, 0.15) is 24.0 Å². The molecule has 2 aliphatic rings. The molecule has 0 aliphatic carbocycles. The lowest BCUT2D eigenvalue weighted by Gasteiger charge is -2.39. The Morgan fingerprint density at radius 1 is 1.04 bits per heavy atom. The minimum atomic E-state index is 0.511. The second-order valence-electron chi connectivity index (χ2n) is 7.65. The topological polar surface area (TPSA) is 18.5 Å². The largest absolute Gasteiger partial charge is 0.373 e. The number of hydrogen-bond donors (Lipinski definition) is 1. The Labute approximate surface area is 161 Å².